The van der Waals surface area contributed by atoms with E-state index in [0.717, 1.165) is 27.7 Å². The molecule has 0 amide bonds. The molecule has 10 heteroatoms. The second kappa shape index (κ2) is 7.56. The normalized spacial score (nSPS) is 11.8. The molecule has 0 saturated carbocycles. The van der Waals surface area contributed by atoms with E-state index in [1.165, 1.54) is 12.1 Å². The minimum Gasteiger partial charge on any atom is -0.329 e. The summed E-state index contributed by atoms with van der Waals surface area (Å²) in [5, 5.41) is 14.8. The number of anilines is 2. The van der Waals surface area contributed by atoms with E-state index in [2.05, 4.69) is 10.2 Å². The van der Waals surface area contributed by atoms with E-state index in [1.807, 2.05) is 54.4 Å². The SMILES string of the molecule is CN(c1cccc(-c2ccc(S(N)(=O)=O)cc2)c1)c1nc2nncn2c2cc(Cl)ccc12. The molecular weight excluding hydrogens is 448 g/mol. The molecule has 0 aliphatic heterocycles. The van der Waals surface area contributed by atoms with Crippen molar-refractivity contribution in [2.24, 2.45) is 5.14 Å². The highest BCUT2D eigenvalue weighted by atomic mass is 35.5. The lowest BCUT2D eigenvalue weighted by Gasteiger charge is -2.21. The fourth-order valence-electron chi connectivity index (χ4n) is 3.63. The first kappa shape index (κ1) is 20.4. The second-order valence-corrected chi connectivity index (χ2v) is 9.27. The maximum Gasteiger partial charge on any atom is 0.257 e. The molecule has 0 bridgehead atoms. The van der Waals surface area contributed by atoms with E-state index in [-0.39, 0.29) is 4.90 Å². The first-order chi connectivity index (χ1) is 15.3. The molecule has 0 fully saturated rings. The van der Waals surface area contributed by atoms with Gasteiger partial charge in [-0.25, -0.2) is 13.6 Å². The third-order valence-electron chi connectivity index (χ3n) is 5.26. The number of rotatable bonds is 4. The molecule has 5 rings (SSSR count). The van der Waals surface area contributed by atoms with Gasteiger partial charge in [-0.2, -0.15) is 4.98 Å². The highest BCUT2D eigenvalue weighted by molar-refractivity contribution is 7.89. The van der Waals surface area contributed by atoms with Crippen molar-refractivity contribution in [2.45, 2.75) is 4.90 Å². The molecule has 2 aromatic heterocycles. The highest BCUT2D eigenvalue weighted by Crippen LogP contribution is 2.33. The number of hydrogen-bond acceptors (Lipinski definition) is 6. The summed E-state index contributed by atoms with van der Waals surface area (Å²) in [6.07, 6.45) is 1.61. The number of nitrogens with zero attached hydrogens (tertiary/aromatic N) is 5. The summed E-state index contributed by atoms with van der Waals surface area (Å²) in [5.41, 5.74) is 3.53. The molecule has 0 radical (unpaired) electrons. The molecule has 5 aromatic rings. The average Bonchev–Trinajstić information content (AvgIpc) is 3.26. The maximum absolute atomic E-state index is 11.5. The Morgan fingerprint density at radius 3 is 2.53 bits per heavy atom. The number of halogens is 1. The van der Waals surface area contributed by atoms with Crippen LogP contribution in [0.5, 0.6) is 0 Å². The summed E-state index contributed by atoms with van der Waals surface area (Å²) in [4.78, 5) is 6.74. The number of benzene rings is 3. The van der Waals surface area contributed by atoms with Gasteiger partial charge in [0.25, 0.3) is 5.78 Å². The Kier molecular flexibility index (Phi) is 4.81. The number of sulfonamides is 1. The molecule has 3 aromatic carbocycles. The van der Waals surface area contributed by atoms with Gasteiger partial charge >= 0.3 is 0 Å². The molecule has 2 N–H and O–H groups in total. The van der Waals surface area contributed by atoms with Crippen molar-refractivity contribution in [1.29, 1.82) is 0 Å². The van der Waals surface area contributed by atoms with Gasteiger partial charge in [0, 0.05) is 23.1 Å². The van der Waals surface area contributed by atoms with Crippen LogP contribution >= 0.6 is 11.6 Å². The number of primary sulfonamides is 1. The quantitative estimate of drug-likeness (QED) is 0.430. The summed E-state index contributed by atoms with van der Waals surface area (Å²) in [7, 11) is -1.81. The third-order valence-corrected chi connectivity index (χ3v) is 6.43. The minimum atomic E-state index is -3.74. The molecule has 2 heterocycles. The van der Waals surface area contributed by atoms with Crippen LogP contribution in [0.15, 0.2) is 78.0 Å². The second-order valence-electron chi connectivity index (χ2n) is 7.28. The number of nitrogens with two attached hydrogens (primary N) is 1. The van der Waals surface area contributed by atoms with Gasteiger partial charge in [0.1, 0.15) is 12.1 Å². The van der Waals surface area contributed by atoms with Gasteiger partial charge in [-0.3, -0.25) is 4.40 Å². The molecule has 0 spiro atoms. The van der Waals surface area contributed by atoms with Crippen molar-refractivity contribution in [3.05, 3.63) is 78.1 Å². The van der Waals surface area contributed by atoms with Gasteiger partial charge < -0.3 is 4.90 Å². The zero-order valence-electron chi connectivity index (χ0n) is 16.8. The van der Waals surface area contributed by atoms with E-state index in [4.69, 9.17) is 21.7 Å². The molecule has 0 saturated heterocycles. The van der Waals surface area contributed by atoms with Gasteiger partial charge in [-0.05, 0) is 53.6 Å². The molecule has 160 valence electrons. The standard InChI is InChI=1S/C22H17ClN6O2S/c1-28(21-19-10-7-16(23)12-20(19)29-13-25-27-22(29)26-21)17-4-2-3-15(11-17)14-5-8-18(9-6-14)32(24,30)31/h2-13H,1H3,(H2,24,30,31). The average molecular weight is 465 g/mol. The summed E-state index contributed by atoms with van der Waals surface area (Å²) >= 11 is 6.23. The van der Waals surface area contributed by atoms with E-state index >= 15 is 0 Å². The fourth-order valence-corrected chi connectivity index (χ4v) is 4.31. The first-order valence-electron chi connectivity index (χ1n) is 9.57. The number of fused-ring (bicyclic) bond motifs is 3. The van der Waals surface area contributed by atoms with Crippen LogP contribution in [-0.4, -0.2) is 35.0 Å². The molecule has 32 heavy (non-hydrogen) atoms. The Hall–Kier alpha value is -3.53. The molecule has 0 atom stereocenters. The number of hydrogen-bond donors (Lipinski definition) is 1. The Balaban J connectivity index is 1.60. The van der Waals surface area contributed by atoms with Crippen LogP contribution in [0, 0.1) is 0 Å². The molecule has 0 unspecified atom stereocenters. The largest absolute Gasteiger partial charge is 0.329 e. The van der Waals surface area contributed by atoms with Crippen LogP contribution in [0.1, 0.15) is 0 Å². The summed E-state index contributed by atoms with van der Waals surface area (Å²) in [6.45, 7) is 0. The van der Waals surface area contributed by atoms with Gasteiger partial charge in [0.15, 0.2) is 0 Å². The topological polar surface area (TPSA) is 106 Å². The molecular formula is C22H17ClN6O2S. The van der Waals surface area contributed by atoms with Gasteiger partial charge in [-0.1, -0.05) is 35.9 Å². The summed E-state index contributed by atoms with van der Waals surface area (Å²) < 4.78 is 24.8. The predicted molar refractivity (Wildman–Crippen MR) is 125 cm³/mol. The van der Waals surface area contributed by atoms with Crippen LogP contribution in [0.4, 0.5) is 11.5 Å². The van der Waals surface area contributed by atoms with Crippen LogP contribution in [0.2, 0.25) is 5.02 Å². The monoisotopic (exact) mass is 464 g/mol. The van der Waals surface area contributed by atoms with Gasteiger partial charge in [0.05, 0.1) is 10.4 Å². The van der Waals surface area contributed by atoms with Crippen molar-refractivity contribution in [1.82, 2.24) is 19.6 Å². The summed E-state index contributed by atoms with van der Waals surface area (Å²) in [6, 6.07) is 19.9. The van der Waals surface area contributed by atoms with Crippen molar-refractivity contribution in [2.75, 3.05) is 11.9 Å². The van der Waals surface area contributed by atoms with Gasteiger partial charge in [-0.15, -0.1) is 10.2 Å². The van der Waals surface area contributed by atoms with E-state index in [9.17, 15) is 8.42 Å². The van der Waals surface area contributed by atoms with E-state index in [0.29, 0.717) is 16.6 Å². The minimum absolute atomic E-state index is 0.0745. The van der Waals surface area contributed by atoms with Crippen LogP contribution < -0.4 is 10.0 Å². The van der Waals surface area contributed by atoms with Crippen LogP contribution in [0.25, 0.3) is 27.8 Å². The Labute approximate surface area is 189 Å². The smallest absolute Gasteiger partial charge is 0.257 e. The lowest BCUT2D eigenvalue weighted by atomic mass is 10.0. The Morgan fingerprint density at radius 1 is 1.00 bits per heavy atom. The molecule has 0 aliphatic rings. The zero-order chi connectivity index (χ0) is 22.5. The third kappa shape index (κ3) is 3.56. The van der Waals surface area contributed by atoms with E-state index < -0.39 is 10.0 Å². The van der Waals surface area contributed by atoms with Gasteiger partial charge in [0.2, 0.25) is 10.0 Å². The van der Waals surface area contributed by atoms with Crippen molar-refractivity contribution in [3.63, 3.8) is 0 Å². The maximum atomic E-state index is 11.5. The van der Waals surface area contributed by atoms with Crippen LogP contribution in [-0.2, 0) is 10.0 Å². The lowest BCUT2D eigenvalue weighted by molar-refractivity contribution is 0.598. The Morgan fingerprint density at radius 2 is 1.78 bits per heavy atom. The van der Waals surface area contributed by atoms with E-state index in [1.54, 1.807) is 22.9 Å². The zero-order valence-corrected chi connectivity index (χ0v) is 18.4. The van der Waals surface area contributed by atoms with Crippen molar-refractivity contribution in [3.8, 4) is 11.1 Å². The molecule has 8 nitrogen and oxygen atoms in total. The molecule has 0 aliphatic carbocycles. The van der Waals surface area contributed by atoms with Crippen LogP contribution in [0.3, 0.4) is 0 Å². The number of aromatic nitrogens is 4. The lowest BCUT2D eigenvalue weighted by Crippen LogP contribution is -2.13. The first-order valence-corrected chi connectivity index (χ1v) is 11.5. The summed E-state index contributed by atoms with van der Waals surface area (Å²) in [5.74, 6) is 1.18. The van der Waals surface area contributed by atoms with Crippen molar-refractivity contribution >= 4 is 49.8 Å². The predicted octanol–water partition coefficient (Wildman–Crippen LogP) is 4.01. The van der Waals surface area contributed by atoms with Crippen molar-refractivity contribution < 1.29 is 8.42 Å². The highest BCUT2D eigenvalue weighted by Gasteiger charge is 2.15. The Bertz CT molecular complexity index is 1580. The fraction of sp³-hybridized carbons (Fsp3) is 0.0455.